The highest BCUT2D eigenvalue weighted by molar-refractivity contribution is 7.15. The Labute approximate surface area is 116 Å². The first-order valence-electron chi connectivity index (χ1n) is 6.39. The van der Waals surface area contributed by atoms with E-state index in [0.29, 0.717) is 11.6 Å². The molecular weight excluding hydrogens is 262 g/mol. The molecule has 2 aromatic heterocycles. The number of carbonyl (C=O) groups is 1. The summed E-state index contributed by atoms with van der Waals surface area (Å²) in [5.74, 6) is 1.65. The van der Waals surface area contributed by atoms with Crippen molar-refractivity contribution in [3.05, 3.63) is 28.9 Å². The van der Waals surface area contributed by atoms with Crippen LogP contribution < -0.4 is 5.32 Å². The second-order valence-electron chi connectivity index (χ2n) is 4.11. The Morgan fingerprint density at radius 2 is 2.16 bits per heavy atom. The molecule has 0 bridgehead atoms. The molecule has 2 rings (SSSR count). The fraction of sp³-hybridized carbons (Fsp3) is 0.462. The Balaban J connectivity index is 1.87. The van der Waals surface area contributed by atoms with Crippen molar-refractivity contribution in [2.75, 3.05) is 5.32 Å². The molecule has 0 saturated carbocycles. The normalized spacial score (nSPS) is 10.6. The highest BCUT2D eigenvalue weighted by Gasteiger charge is 2.07. The average Bonchev–Trinajstić information content (AvgIpc) is 3.05. The van der Waals surface area contributed by atoms with E-state index in [1.54, 1.807) is 12.4 Å². The number of aromatic nitrogens is 2. The molecule has 2 heterocycles. The molecule has 102 valence electrons. The maximum atomic E-state index is 11.2. The highest BCUT2D eigenvalue weighted by atomic mass is 32.1. The molecule has 0 aliphatic rings. The van der Waals surface area contributed by atoms with Crippen molar-refractivity contribution in [2.24, 2.45) is 0 Å². The zero-order valence-corrected chi connectivity index (χ0v) is 11.9. The van der Waals surface area contributed by atoms with Crippen LogP contribution in [0, 0.1) is 0 Å². The molecule has 0 saturated heterocycles. The minimum absolute atomic E-state index is 0.0128. The molecule has 0 spiro atoms. The standard InChI is InChI=1S/C13H17N3O2S/c1-3-9-7-14-12(18-9)6-5-10-8-15-13(19-10)16-11(17)4-2/h7-8H,3-6H2,1-2H3,(H,15,16,17). The number of hydrogen-bond donors (Lipinski definition) is 1. The van der Waals surface area contributed by atoms with E-state index >= 15 is 0 Å². The third-order valence-corrected chi connectivity index (χ3v) is 3.63. The number of oxazole rings is 1. The van der Waals surface area contributed by atoms with Crippen LogP contribution in [0.15, 0.2) is 16.8 Å². The van der Waals surface area contributed by atoms with Crippen LogP contribution in [0.3, 0.4) is 0 Å². The molecule has 1 N–H and O–H groups in total. The quantitative estimate of drug-likeness (QED) is 0.883. The Kier molecular flexibility index (Phi) is 4.68. The average molecular weight is 279 g/mol. The number of nitrogens with zero attached hydrogens (tertiary/aromatic N) is 2. The lowest BCUT2D eigenvalue weighted by atomic mass is 10.3. The summed E-state index contributed by atoms with van der Waals surface area (Å²) in [6.45, 7) is 3.86. The van der Waals surface area contributed by atoms with Gasteiger partial charge in [-0.2, -0.15) is 0 Å². The van der Waals surface area contributed by atoms with E-state index in [4.69, 9.17) is 4.42 Å². The lowest BCUT2D eigenvalue weighted by Crippen LogP contribution is -2.08. The predicted octanol–water partition coefficient (Wildman–Crippen LogP) is 2.83. The number of aryl methyl sites for hydroxylation is 3. The summed E-state index contributed by atoms with van der Waals surface area (Å²) in [6, 6.07) is 0. The molecule has 0 unspecified atom stereocenters. The summed E-state index contributed by atoms with van der Waals surface area (Å²) in [7, 11) is 0. The minimum Gasteiger partial charge on any atom is -0.446 e. The van der Waals surface area contributed by atoms with Gasteiger partial charge in [0.25, 0.3) is 0 Å². The second kappa shape index (κ2) is 6.47. The topological polar surface area (TPSA) is 68.0 Å². The number of rotatable bonds is 6. The second-order valence-corrected chi connectivity index (χ2v) is 5.22. The van der Waals surface area contributed by atoms with Gasteiger partial charge in [-0.3, -0.25) is 4.79 Å². The van der Waals surface area contributed by atoms with Crippen molar-refractivity contribution >= 4 is 22.4 Å². The van der Waals surface area contributed by atoms with E-state index in [1.807, 2.05) is 13.8 Å². The van der Waals surface area contributed by atoms with Crippen molar-refractivity contribution < 1.29 is 9.21 Å². The Hall–Kier alpha value is -1.69. The van der Waals surface area contributed by atoms with Crippen LogP contribution in [0.25, 0.3) is 0 Å². The fourth-order valence-electron chi connectivity index (χ4n) is 1.55. The maximum absolute atomic E-state index is 11.2. The highest BCUT2D eigenvalue weighted by Crippen LogP contribution is 2.20. The van der Waals surface area contributed by atoms with Crippen molar-refractivity contribution in [1.29, 1.82) is 0 Å². The Morgan fingerprint density at radius 1 is 1.32 bits per heavy atom. The Morgan fingerprint density at radius 3 is 2.84 bits per heavy atom. The number of anilines is 1. The van der Waals surface area contributed by atoms with Gasteiger partial charge in [0.1, 0.15) is 5.76 Å². The summed E-state index contributed by atoms with van der Waals surface area (Å²) in [6.07, 6.45) is 6.47. The van der Waals surface area contributed by atoms with Crippen LogP contribution in [0.5, 0.6) is 0 Å². The molecular formula is C13H17N3O2S. The van der Waals surface area contributed by atoms with Crippen LogP contribution in [-0.4, -0.2) is 15.9 Å². The zero-order chi connectivity index (χ0) is 13.7. The number of thiazole rings is 1. The van der Waals surface area contributed by atoms with Gasteiger partial charge in [0.05, 0.1) is 6.20 Å². The number of amides is 1. The first-order valence-corrected chi connectivity index (χ1v) is 7.21. The van der Waals surface area contributed by atoms with E-state index in [9.17, 15) is 4.79 Å². The maximum Gasteiger partial charge on any atom is 0.225 e. The summed E-state index contributed by atoms with van der Waals surface area (Å²) in [4.78, 5) is 20.7. The summed E-state index contributed by atoms with van der Waals surface area (Å²) in [5, 5.41) is 3.41. The molecule has 0 atom stereocenters. The molecule has 6 heteroatoms. The lowest BCUT2D eigenvalue weighted by Gasteiger charge is -1.96. The van der Waals surface area contributed by atoms with Gasteiger partial charge in [-0.15, -0.1) is 11.3 Å². The number of hydrogen-bond acceptors (Lipinski definition) is 5. The van der Waals surface area contributed by atoms with Gasteiger partial charge in [-0.25, -0.2) is 9.97 Å². The molecule has 19 heavy (non-hydrogen) atoms. The molecule has 0 aromatic carbocycles. The fourth-order valence-corrected chi connectivity index (χ4v) is 2.37. The summed E-state index contributed by atoms with van der Waals surface area (Å²) in [5.41, 5.74) is 0. The number of nitrogens with one attached hydrogen (secondary N) is 1. The predicted molar refractivity (Wildman–Crippen MR) is 74.3 cm³/mol. The molecule has 0 aliphatic carbocycles. The largest absolute Gasteiger partial charge is 0.446 e. The summed E-state index contributed by atoms with van der Waals surface area (Å²) < 4.78 is 5.55. The first-order chi connectivity index (χ1) is 9.21. The summed E-state index contributed by atoms with van der Waals surface area (Å²) >= 11 is 1.50. The van der Waals surface area contributed by atoms with Gasteiger partial charge >= 0.3 is 0 Å². The van der Waals surface area contributed by atoms with Crippen molar-refractivity contribution in [1.82, 2.24) is 9.97 Å². The lowest BCUT2D eigenvalue weighted by molar-refractivity contribution is -0.115. The van der Waals surface area contributed by atoms with Gasteiger partial charge in [0, 0.05) is 30.3 Å². The van der Waals surface area contributed by atoms with Crippen LogP contribution in [-0.2, 0) is 24.1 Å². The van der Waals surface area contributed by atoms with Gasteiger partial charge in [-0.05, 0) is 6.42 Å². The van der Waals surface area contributed by atoms with Crippen LogP contribution in [0.4, 0.5) is 5.13 Å². The minimum atomic E-state index is -0.0128. The SMILES string of the molecule is CCC(=O)Nc1ncc(CCc2ncc(CC)o2)s1. The third-order valence-electron chi connectivity index (χ3n) is 2.66. The van der Waals surface area contributed by atoms with Crippen molar-refractivity contribution in [3.63, 3.8) is 0 Å². The van der Waals surface area contributed by atoms with Crippen molar-refractivity contribution in [2.45, 2.75) is 39.5 Å². The van der Waals surface area contributed by atoms with E-state index in [2.05, 4.69) is 15.3 Å². The first kappa shape index (κ1) is 13.7. The van der Waals surface area contributed by atoms with Gasteiger partial charge in [0.2, 0.25) is 5.91 Å². The van der Waals surface area contributed by atoms with E-state index in [0.717, 1.165) is 35.8 Å². The van der Waals surface area contributed by atoms with E-state index < -0.39 is 0 Å². The van der Waals surface area contributed by atoms with E-state index in [-0.39, 0.29) is 5.91 Å². The van der Waals surface area contributed by atoms with Crippen LogP contribution in [0.1, 0.15) is 36.8 Å². The van der Waals surface area contributed by atoms with Gasteiger partial charge in [0.15, 0.2) is 11.0 Å². The van der Waals surface area contributed by atoms with Crippen molar-refractivity contribution in [3.8, 4) is 0 Å². The molecule has 1 amide bonds. The smallest absolute Gasteiger partial charge is 0.225 e. The third kappa shape index (κ3) is 3.89. The zero-order valence-electron chi connectivity index (χ0n) is 11.1. The molecule has 0 radical (unpaired) electrons. The van der Waals surface area contributed by atoms with Crippen LogP contribution >= 0.6 is 11.3 Å². The monoisotopic (exact) mass is 279 g/mol. The molecule has 0 aliphatic heterocycles. The Bertz CT molecular complexity index is 548. The van der Waals surface area contributed by atoms with Gasteiger partial charge in [-0.1, -0.05) is 13.8 Å². The van der Waals surface area contributed by atoms with Gasteiger partial charge < -0.3 is 9.73 Å². The molecule has 0 fully saturated rings. The van der Waals surface area contributed by atoms with E-state index in [1.165, 1.54) is 11.3 Å². The molecule has 2 aromatic rings. The van der Waals surface area contributed by atoms with Crippen LogP contribution in [0.2, 0.25) is 0 Å². The molecule has 5 nitrogen and oxygen atoms in total. The number of carbonyl (C=O) groups excluding carboxylic acids is 1.